The monoisotopic (exact) mass is 228 g/mol. The number of ketones is 2. The molecule has 0 radical (unpaired) electrons. The van der Waals surface area contributed by atoms with E-state index in [1.807, 2.05) is 0 Å². The lowest BCUT2D eigenvalue weighted by Crippen LogP contribution is -2.16. The molecule has 0 spiro atoms. The quantitative estimate of drug-likeness (QED) is 0.642. The number of rotatable bonds is 1. The van der Waals surface area contributed by atoms with Gasteiger partial charge in [-0.25, -0.2) is 0 Å². The summed E-state index contributed by atoms with van der Waals surface area (Å²) in [5.74, 6) is -0.117. The molecule has 0 saturated heterocycles. The first-order chi connectivity index (χ1) is 8.09. The molecule has 0 N–H and O–H groups in total. The number of fused-ring (bicyclic) bond motifs is 2. The fourth-order valence-electron chi connectivity index (χ4n) is 1.85. The maximum absolute atomic E-state index is 12.0. The fourth-order valence-corrected chi connectivity index (χ4v) is 1.85. The van der Waals surface area contributed by atoms with Crippen LogP contribution >= 0.6 is 0 Å². The Bertz CT molecular complexity index is 621. The molecule has 2 aromatic heterocycles. The van der Waals surface area contributed by atoms with E-state index in [9.17, 15) is 9.59 Å². The van der Waals surface area contributed by atoms with E-state index in [0.29, 0.717) is 11.3 Å². The Labute approximate surface area is 96.5 Å². The van der Waals surface area contributed by atoms with Crippen molar-refractivity contribution in [1.82, 2.24) is 0 Å². The van der Waals surface area contributed by atoms with Crippen molar-refractivity contribution in [1.29, 1.82) is 0 Å². The van der Waals surface area contributed by atoms with E-state index in [1.165, 1.54) is 12.3 Å². The predicted molar refractivity (Wildman–Crippen MR) is 59.0 cm³/mol. The second kappa shape index (κ2) is 3.07. The minimum absolute atomic E-state index is 0.0375. The maximum atomic E-state index is 12.0. The highest BCUT2D eigenvalue weighted by Crippen LogP contribution is 2.31. The first kappa shape index (κ1) is 9.84. The third-order valence-corrected chi connectivity index (χ3v) is 2.72. The summed E-state index contributed by atoms with van der Waals surface area (Å²) in [6.07, 6.45) is 1.33. The van der Waals surface area contributed by atoms with Gasteiger partial charge in [-0.05, 0) is 24.6 Å². The molecule has 0 aromatic carbocycles. The number of hydrogen-bond donors (Lipinski definition) is 0. The standard InChI is InChI=1S/C13H8O4/c1-6(2)9-5-8-10(14)7-3-4-16-12(7)11(15)13(8)17-9/h3-5H,1H2,2H3. The molecule has 2 heterocycles. The van der Waals surface area contributed by atoms with Gasteiger partial charge in [0.1, 0.15) is 5.76 Å². The Balaban J connectivity index is 2.27. The van der Waals surface area contributed by atoms with Gasteiger partial charge in [0.15, 0.2) is 11.5 Å². The highest BCUT2D eigenvalue weighted by molar-refractivity contribution is 6.26. The average molecular weight is 228 g/mol. The molecule has 4 nitrogen and oxygen atoms in total. The largest absolute Gasteiger partial charge is 0.460 e. The first-order valence-corrected chi connectivity index (χ1v) is 5.06. The first-order valence-electron chi connectivity index (χ1n) is 5.06. The van der Waals surface area contributed by atoms with Gasteiger partial charge in [0, 0.05) is 0 Å². The zero-order valence-electron chi connectivity index (χ0n) is 9.07. The van der Waals surface area contributed by atoms with E-state index in [1.54, 1.807) is 13.0 Å². The van der Waals surface area contributed by atoms with Crippen LogP contribution in [-0.2, 0) is 0 Å². The van der Waals surface area contributed by atoms with Gasteiger partial charge in [-0.15, -0.1) is 0 Å². The maximum Gasteiger partial charge on any atom is 0.264 e. The lowest BCUT2D eigenvalue weighted by molar-refractivity contribution is 0.0938. The molecule has 84 valence electrons. The number of allylic oxidation sites excluding steroid dienone is 1. The van der Waals surface area contributed by atoms with E-state index >= 15 is 0 Å². The zero-order valence-corrected chi connectivity index (χ0v) is 9.07. The van der Waals surface area contributed by atoms with E-state index < -0.39 is 5.78 Å². The average Bonchev–Trinajstić information content (AvgIpc) is 2.92. The SMILES string of the molecule is C=C(C)c1cc2c(o1)C(=O)c1occc1C2=O. The molecule has 2 aromatic rings. The van der Waals surface area contributed by atoms with Crippen molar-refractivity contribution in [3.05, 3.63) is 53.4 Å². The van der Waals surface area contributed by atoms with E-state index in [2.05, 4.69) is 6.58 Å². The topological polar surface area (TPSA) is 60.4 Å². The summed E-state index contributed by atoms with van der Waals surface area (Å²) in [4.78, 5) is 24.0. The summed E-state index contributed by atoms with van der Waals surface area (Å²) in [6, 6.07) is 3.04. The minimum Gasteiger partial charge on any atom is -0.460 e. The van der Waals surface area contributed by atoms with E-state index in [0.717, 1.165) is 0 Å². The number of carbonyl (C=O) groups excluding carboxylic acids is 2. The second-order valence-electron chi connectivity index (χ2n) is 3.96. The number of furan rings is 2. The number of hydrogen-bond acceptors (Lipinski definition) is 4. The Morgan fingerprint density at radius 2 is 1.94 bits per heavy atom. The van der Waals surface area contributed by atoms with Crippen LogP contribution in [0.5, 0.6) is 0 Å². The molecule has 1 aliphatic carbocycles. The van der Waals surface area contributed by atoms with Crippen molar-refractivity contribution in [3.8, 4) is 0 Å². The Morgan fingerprint density at radius 1 is 1.18 bits per heavy atom. The third-order valence-electron chi connectivity index (χ3n) is 2.72. The molecular weight excluding hydrogens is 220 g/mol. The van der Waals surface area contributed by atoms with Crippen molar-refractivity contribution in [3.63, 3.8) is 0 Å². The van der Waals surface area contributed by atoms with Crippen LogP contribution in [0.4, 0.5) is 0 Å². The van der Waals surface area contributed by atoms with E-state index in [-0.39, 0.29) is 28.4 Å². The molecule has 1 aliphatic rings. The fraction of sp³-hybridized carbons (Fsp3) is 0.0769. The molecule has 0 aliphatic heterocycles. The molecule has 0 amide bonds. The zero-order chi connectivity index (χ0) is 12.2. The van der Waals surface area contributed by atoms with Crippen LogP contribution in [0, 0.1) is 0 Å². The molecule has 0 atom stereocenters. The van der Waals surface area contributed by atoms with Crippen LogP contribution < -0.4 is 0 Å². The van der Waals surface area contributed by atoms with Crippen LogP contribution in [-0.4, -0.2) is 11.6 Å². The molecule has 4 heteroatoms. The van der Waals surface area contributed by atoms with Crippen LogP contribution in [0.25, 0.3) is 5.57 Å². The van der Waals surface area contributed by atoms with Gasteiger partial charge in [0.25, 0.3) is 5.78 Å². The second-order valence-corrected chi connectivity index (χ2v) is 3.96. The van der Waals surface area contributed by atoms with Crippen molar-refractivity contribution >= 4 is 17.1 Å². The summed E-state index contributed by atoms with van der Waals surface area (Å²) < 4.78 is 10.4. The highest BCUT2D eigenvalue weighted by atomic mass is 16.4. The smallest absolute Gasteiger partial charge is 0.264 e. The molecular formula is C13H8O4. The predicted octanol–water partition coefficient (Wildman–Crippen LogP) is 2.68. The molecule has 3 rings (SSSR count). The van der Waals surface area contributed by atoms with E-state index in [4.69, 9.17) is 8.83 Å². The molecule has 0 fully saturated rings. The van der Waals surface area contributed by atoms with Gasteiger partial charge < -0.3 is 8.83 Å². The third kappa shape index (κ3) is 1.18. The lowest BCUT2D eigenvalue weighted by Gasteiger charge is -2.06. The Kier molecular flexibility index (Phi) is 1.78. The van der Waals surface area contributed by atoms with Crippen LogP contribution in [0.1, 0.15) is 44.9 Å². The van der Waals surface area contributed by atoms with Crippen molar-refractivity contribution in [2.45, 2.75) is 6.92 Å². The van der Waals surface area contributed by atoms with Crippen molar-refractivity contribution < 1.29 is 18.4 Å². The van der Waals surface area contributed by atoms with Gasteiger partial charge in [-0.1, -0.05) is 6.58 Å². The molecule has 17 heavy (non-hydrogen) atoms. The van der Waals surface area contributed by atoms with Gasteiger partial charge in [-0.2, -0.15) is 0 Å². The van der Waals surface area contributed by atoms with Gasteiger partial charge in [0.2, 0.25) is 5.78 Å². The van der Waals surface area contributed by atoms with Gasteiger partial charge >= 0.3 is 0 Å². The summed E-state index contributed by atoms with van der Waals surface area (Å²) in [7, 11) is 0. The lowest BCUT2D eigenvalue weighted by atomic mass is 9.94. The summed E-state index contributed by atoms with van der Waals surface area (Å²) in [5.41, 5.74) is 1.23. The van der Waals surface area contributed by atoms with Gasteiger partial charge in [-0.3, -0.25) is 9.59 Å². The Morgan fingerprint density at radius 3 is 2.65 bits per heavy atom. The normalized spacial score (nSPS) is 13.5. The summed E-state index contributed by atoms with van der Waals surface area (Å²) >= 11 is 0. The summed E-state index contributed by atoms with van der Waals surface area (Å²) in [6.45, 7) is 5.46. The highest BCUT2D eigenvalue weighted by Gasteiger charge is 2.36. The minimum atomic E-state index is -0.396. The van der Waals surface area contributed by atoms with Gasteiger partial charge in [0.05, 0.1) is 17.4 Å². The van der Waals surface area contributed by atoms with Crippen LogP contribution in [0.3, 0.4) is 0 Å². The molecule has 0 bridgehead atoms. The van der Waals surface area contributed by atoms with Crippen LogP contribution in [0.15, 0.2) is 33.8 Å². The molecule has 0 saturated carbocycles. The van der Waals surface area contributed by atoms with Crippen LogP contribution in [0.2, 0.25) is 0 Å². The number of carbonyl (C=O) groups is 2. The summed E-state index contributed by atoms with van der Waals surface area (Å²) in [5, 5.41) is 0. The van der Waals surface area contributed by atoms with Crippen molar-refractivity contribution in [2.24, 2.45) is 0 Å². The molecule has 0 unspecified atom stereocenters. The Hall–Kier alpha value is -2.36. The van der Waals surface area contributed by atoms with Crippen molar-refractivity contribution in [2.75, 3.05) is 0 Å².